The Labute approximate surface area is 116 Å². The lowest BCUT2D eigenvalue weighted by Gasteiger charge is -2.26. The zero-order valence-corrected chi connectivity index (χ0v) is 11.8. The fraction of sp³-hybridized carbons (Fsp3) is 0.562. The van der Waals surface area contributed by atoms with Gasteiger partial charge in [0, 0.05) is 19.6 Å². The number of nitrogens with zero attached hydrogens (tertiary/aromatic N) is 1. The lowest BCUT2D eigenvalue weighted by atomic mass is 10.1. The van der Waals surface area contributed by atoms with E-state index < -0.39 is 0 Å². The van der Waals surface area contributed by atoms with Gasteiger partial charge in [0.2, 0.25) is 5.91 Å². The molecule has 3 heteroatoms. The van der Waals surface area contributed by atoms with Crippen molar-refractivity contribution >= 4 is 5.91 Å². The van der Waals surface area contributed by atoms with Crippen molar-refractivity contribution < 1.29 is 4.79 Å². The van der Waals surface area contributed by atoms with Gasteiger partial charge in [-0.25, -0.2) is 0 Å². The lowest BCUT2D eigenvalue weighted by Crippen LogP contribution is -2.41. The van der Waals surface area contributed by atoms with Crippen LogP contribution in [0.3, 0.4) is 0 Å². The second-order valence-corrected chi connectivity index (χ2v) is 5.17. The number of carbonyl (C=O) groups is 1. The molecule has 1 aromatic carbocycles. The van der Waals surface area contributed by atoms with Gasteiger partial charge in [0.15, 0.2) is 0 Å². The summed E-state index contributed by atoms with van der Waals surface area (Å²) in [5.41, 5.74) is 2.66. The standard InChI is InChI=1S/C16H24N2O/c1-2-14-8-4-5-9-15(14)12-17-13-16(19)18-10-6-3-7-11-18/h4-5,8-9,17H,2-3,6-7,10-13H2,1H3. The number of aryl methyl sites for hydroxylation is 1. The molecule has 0 atom stereocenters. The Morgan fingerprint density at radius 3 is 2.53 bits per heavy atom. The Bertz CT molecular complexity index is 411. The fourth-order valence-electron chi connectivity index (χ4n) is 2.63. The molecule has 0 unspecified atom stereocenters. The summed E-state index contributed by atoms with van der Waals surface area (Å²) in [6, 6.07) is 8.42. The van der Waals surface area contributed by atoms with Crippen molar-refractivity contribution in [1.82, 2.24) is 10.2 Å². The molecule has 3 nitrogen and oxygen atoms in total. The summed E-state index contributed by atoms with van der Waals surface area (Å²) in [4.78, 5) is 14.0. The Balaban J connectivity index is 1.78. The molecule has 1 N–H and O–H groups in total. The van der Waals surface area contributed by atoms with E-state index in [0.717, 1.165) is 38.9 Å². The van der Waals surface area contributed by atoms with Crippen LogP contribution in [0.4, 0.5) is 0 Å². The van der Waals surface area contributed by atoms with Crippen molar-refractivity contribution in [2.45, 2.75) is 39.2 Å². The van der Waals surface area contributed by atoms with Crippen LogP contribution in [0.15, 0.2) is 24.3 Å². The van der Waals surface area contributed by atoms with Crippen LogP contribution >= 0.6 is 0 Å². The van der Waals surface area contributed by atoms with E-state index in [1.165, 1.54) is 17.5 Å². The molecule has 1 heterocycles. The summed E-state index contributed by atoms with van der Waals surface area (Å²) in [5.74, 6) is 0.244. The smallest absolute Gasteiger partial charge is 0.236 e. The van der Waals surface area contributed by atoms with Crippen LogP contribution in [-0.2, 0) is 17.8 Å². The third-order valence-corrected chi connectivity index (χ3v) is 3.80. The number of piperidine rings is 1. The second kappa shape index (κ2) is 7.29. The molecule has 1 aromatic rings. The van der Waals surface area contributed by atoms with Gasteiger partial charge in [-0.1, -0.05) is 31.2 Å². The summed E-state index contributed by atoms with van der Waals surface area (Å²) in [6.07, 6.45) is 4.62. The number of carbonyl (C=O) groups excluding carboxylic acids is 1. The topological polar surface area (TPSA) is 32.3 Å². The predicted molar refractivity (Wildman–Crippen MR) is 78.0 cm³/mol. The molecular formula is C16H24N2O. The number of hydrogen-bond acceptors (Lipinski definition) is 2. The Morgan fingerprint density at radius 1 is 1.16 bits per heavy atom. The average molecular weight is 260 g/mol. The number of nitrogens with one attached hydrogen (secondary N) is 1. The number of likely N-dealkylation sites (tertiary alicyclic amines) is 1. The molecule has 0 bridgehead atoms. The van der Waals surface area contributed by atoms with E-state index in [1.807, 2.05) is 4.90 Å². The number of rotatable bonds is 5. The second-order valence-electron chi connectivity index (χ2n) is 5.17. The van der Waals surface area contributed by atoms with Crippen molar-refractivity contribution in [3.63, 3.8) is 0 Å². The third kappa shape index (κ3) is 4.06. The monoisotopic (exact) mass is 260 g/mol. The van der Waals surface area contributed by atoms with Crippen molar-refractivity contribution in [3.05, 3.63) is 35.4 Å². The quantitative estimate of drug-likeness (QED) is 0.881. The van der Waals surface area contributed by atoms with E-state index in [-0.39, 0.29) is 5.91 Å². The molecule has 19 heavy (non-hydrogen) atoms. The highest BCUT2D eigenvalue weighted by Crippen LogP contribution is 2.10. The first-order valence-corrected chi connectivity index (χ1v) is 7.36. The van der Waals surface area contributed by atoms with Crippen molar-refractivity contribution in [2.75, 3.05) is 19.6 Å². The molecule has 0 aliphatic carbocycles. The van der Waals surface area contributed by atoms with Crippen molar-refractivity contribution in [3.8, 4) is 0 Å². The van der Waals surface area contributed by atoms with Crippen LogP contribution in [0, 0.1) is 0 Å². The van der Waals surface area contributed by atoms with Gasteiger partial charge in [-0.05, 0) is 36.8 Å². The summed E-state index contributed by atoms with van der Waals surface area (Å²) in [7, 11) is 0. The average Bonchev–Trinajstić information content (AvgIpc) is 2.48. The number of benzene rings is 1. The minimum atomic E-state index is 0.244. The molecule has 0 saturated carbocycles. The van der Waals surface area contributed by atoms with Crippen molar-refractivity contribution in [1.29, 1.82) is 0 Å². The van der Waals surface area contributed by atoms with Crippen LogP contribution < -0.4 is 5.32 Å². The lowest BCUT2D eigenvalue weighted by molar-refractivity contribution is -0.131. The van der Waals surface area contributed by atoms with Gasteiger partial charge >= 0.3 is 0 Å². The largest absolute Gasteiger partial charge is 0.342 e. The maximum atomic E-state index is 12.0. The van der Waals surface area contributed by atoms with Gasteiger partial charge in [-0.3, -0.25) is 4.79 Å². The summed E-state index contributed by atoms with van der Waals surface area (Å²) >= 11 is 0. The van der Waals surface area contributed by atoms with E-state index in [9.17, 15) is 4.79 Å². The van der Waals surface area contributed by atoms with Crippen LogP contribution in [0.2, 0.25) is 0 Å². The van der Waals surface area contributed by atoms with Crippen LogP contribution in [0.1, 0.15) is 37.3 Å². The SMILES string of the molecule is CCc1ccccc1CNCC(=O)N1CCCCC1. The summed E-state index contributed by atoms with van der Waals surface area (Å²) in [5, 5.41) is 3.28. The van der Waals surface area contributed by atoms with Gasteiger partial charge in [0.05, 0.1) is 6.54 Å². The minimum Gasteiger partial charge on any atom is -0.342 e. The van der Waals surface area contributed by atoms with E-state index in [1.54, 1.807) is 0 Å². The highest BCUT2D eigenvalue weighted by Gasteiger charge is 2.15. The maximum absolute atomic E-state index is 12.0. The van der Waals surface area contributed by atoms with E-state index in [0.29, 0.717) is 6.54 Å². The first kappa shape index (κ1) is 14.1. The van der Waals surface area contributed by atoms with Crippen molar-refractivity contribution in [2.24, 2.45) is 0 Å². The first-order valence-electron chi connectivity index (χ1n) is 7.36. The number of amides is 1. The van der Waals surface area contributed by atoms with E-state index in [4.69, 9.17) is 0 Å². The van der Waals surface area contributed by atoms with Gasteiger partial charge in [-0.2, -0.15) is 0 Å². The predicted octanol–water partition coefficient (Wildman–Crippen LogP) is 2.35. The molecule has 1 saturated heterocycles. The normalized spacial score (nSPS) is 15.5. The molecular weight excluding hydrogens is 236 g/mol. The summed E-state index contributed by atoms with van der Waals surface area (Å²) in [6.45, 7) is 5.28. The minimum absolute atomic E-state index is 0.244. The molecule has 1 amide bonds. The molecule has 1 aliphatic rings. The van der Waals surface area contributed by atoms with E-state index in [2.05, 4.69) is 36.5 Å². The van der Waals surface area contributed by atoms with Gasteiger partial charge in [0.1, 0.15) is 0 Å². The van der Waals surface area contributed by atoms with Gasteiger partial charge in [-0.15, -0.1) is 0 Å². The van der Waals surface area contributed by atoms with Crippen LogP contribution in [0.5, 0.6) is 0 Å². The molecule has 2 rings (SSSR count). The molecule has 0 radical (unpaired) electrons. The highest BCUT2D eigenvalue weighted by molar-refractivity contribution is 5.78. The zero-order valence-electron chi connectivity index (χ0n) is 11.8. The van der Waals surface area contributed by atoms with Gasteiger partial charge < -0.3 is 10.2 Å². The van der Waals surface area contributed by atoms with Crippen LogP contribution in [0.25, 0.3) is 0 Å². The molecule has 1 aliphatic heterocycles. The van der Waals surface area contributed by atoms with Crippen LogP contribution in [-0.4, -0.2) is 30.4 Å². The molecule has 104 valence electrons. The Morgan fingerprint density at radius 2 is 1.84 bits per heavy atom. The molecule has 0 spiro atoms. The fourth-order valence-corrected chi connectivity index (χ4v) is 2.63. The first-order chi connectivity index (χ1) is 9.31. The third-order valence-electron chi connectivity index (χ3n) is 3.80. The van der Waals surface area contributed by atoms with E-state index >= 15 is 0 Å². The molecule has 0 aromatic heterocycles. The Kier molecular flexibility index (Phi) is 5.40. The molecule has 1 fully saturated rings. The zero-order chi connectivity index (χ0) is 13.5. The van der Waals surface area contributed by atoms with Gasteiger partial charge in [0.25, 0.3) is 0 Å². The highest BCUT2D eigenvalue weighted by atomic mass is 16.2. The maximum Gasteiger partial charge on any atom is 0.236 e. The number of hydrogen-bond donors (Lipinski definition) is 1. The Hall–Kier alpha value is -1.35. The summed E-state index contributed by atoms with van der Waals surface area (Å²) < 4.78 is 0.